The predicted molar refractivity (Wildman–Crippen MR) is 114 cm³/mol. The molecule has 31 heavy (non-hydrogen) atoms. The standard InChI is InChI=1S/C20H20N2O7S2/c1-27-14-9-10-15(28-2)18-17(14)22(11-16(23)29-3)20(30-18)21-19(24)12-5-7-13(8-6-12)31(4,25)26/h5-10H,11H2,1-4H3. The highest BCUT2D eigenvalue weighted by atomic mass is 32.2. The first-order valence-electron chi connectivity index (χ1n) is 8.90. The number of ether oxygens (including phenoxy) is 3. The van der Waals surface area contributed by atoms with E-state index in [2.05, 4.69) is 4.99 Å². The van der Waals surface area contributed by atoms with Gasteiger partial charge in [-0.15, -0.1) is 0 Å². The van der Waals surface area contributed by atoms with Gasteiger partial charge in [-0.2, -0.15) is 4.99 Å². The van der Waals surface area contributed by atoms with Gasteiger partial charge in [-0.1, -0.05) is 11.3 Å². The van der Waals surface area contributed by atoms with Gasteiger partial charge in [-0.05, 0) is 36.4 Å². The highest BCUT2D eigenvalue weighted by Crippen LogP contribution is 2.35. The van der Waals surface area contributed by atoms with Crippen molar-refractivity contribution in [1.82, 2.24) is 4.57 Å². The van der Waals surface area contributed by atoms with Gasteiger partial charge in [-0.3, -0.25) is 9.59 Å². The van der Waals surface area contributed by atoms with E-state index in [1.807, 2.05) is 0 Å². The number of amides is 1. The summed E-state index contributed by atoms with van der Waals surface area (Å²) in [6, 6.07) is 8.88. The number of benzene rings is 2. The molecule has 0 fully saturated rings. The molecule has 9 nitrogen and oxygen atoms in total. The van der Waals surface area contributed by atoms with Crippen molar-refractivity contribution in [3.63, 3.8) is 0 Å². The molecule has 0 spiro atoms. The molecule has 11 heteroatoms. The highest BCUT2D eigenvalue weighted by Gasteiger charge is 2.19. The molecule has 0 aliphatic rings. The molecule has 0 saturated heterocycles. The van der Waals surface area contributed by atoms with E-state index in [1.165, 1.54) is 50.2 Å². The fourth-order valence-corrected chi connectivity index (χ4v) is 4.64. The summed E-state index contributed by atoms with van der Waals surface area (Å²) in [5.41, 5.74) is 0.740. The maximum atomic E-state index is 12.8. The van der Waals surface area contributed by atoms with Crippen molar-refractivity contribution in [3.05, 3.63) is 46.8 Å². The van der Waals surface area contributed by atoms with Gasteiger partial charge in [0.15, 0.2) is 14.6 Å². The maximum Gasteiger partial charge on any atom is 0.325 e. The minimum absolute atomic E-state index is 0.0983. The van der Waals surface area contributed by atoms with Gasteiger partial charge in [0.25, 0.3) is 5.91 Å². The lowest BCUT2D eigenvalue weighted by molar-refractivity contribution is -0.141. The third kappa shape index (κ3) is 4.62. The molecule has 3 aromatic rings. The quantitative estimate of drug-likeness (QED) is 0.513. The lowest BCUT2D eigenvalue weighted by atomic mass is 10.2. The molecule has 0 radical (unpaired) electrons. The first-order chi connectivity index (χ1) is 14.7. The average molecular weight is 465 g/mol. The van der Waals surface area contributed by atoms with Crippen LogP contribution in [-0.4, -0.2) is 52.4 Å². The highest BCUT2D eigenvalue weighted by molar-refractivity contribution is 7.90. The largest absolute Gasteiger partial charge is 0.495 e. The Balaban J connectivity index is 2.20. The van der Waals surface area contributed by atoms with E-state index in [0.29, 0.717) is 21.7 Å². The smallest absolute Gasteiger partial charge is 0.325 e. The third-order valence-corrected chi connectivity index (χ3v) is 6.66. The van der Waals surface area contributed by atoms with Gasteiger partial charge in [-0.25, -0.2) is 8.42 Å². The summed E-state index contributed by atoms with van der Waals surface area (Å²) in [6.45, 7) is -0.195. The second-order valence-electron chi connectivity index (χ2n) is 6.41. The fraction of sp³-hybridized carbons (Fsp3) is 0.250. The second-order valence-corrected chi connectivity index (χ2v) is 9.40. The third-order valence-electron chi connectivity index (χ3n) is 4.43. The van der Waals surface area contributed by atoms with Crippen molar-refractivity contribution in [1.29, 1.82) is 0 Å². The molecule has 164 valence electrons. The number of nitrogens with zero attached hydrogens (tertiary/aromatic N) is 2. The van der Waals surface area contributed by atoms with Gasteiger partial charge in [0.05, 0.1) is 26.2 Å². The summed E-state index contributed by atoms with van der Waals surface area (Å²) < 4.78 is 41.0. The van der Waals surface area contributed by atoms with Crippen LogP contribution in [0.15, 0.2) is 46.3 Å². The number of thiazole rings is 1. The van der Waals surface area contributed by atoms with Crippen LogP contribution >= 0.6 is 11.3 Å². The first-order valence-corrected chi connectivity index (χ1v) is 11.6. The molecule has 0 aliphatic carbocycles. The number of hydrogen-bond donors (Lipinski definition) is 0. The Kier molecular flexibility index (Phi) is 6.46. The molecule has 0 N–H and O–H groups in total. The molecule has 0 aliphatic heterocycles. The number of fused-ring (bicyclic) bond motifs is 1. The Morgan fingerprint density at radius 2 is 1.61 bits per heavy atom. The number of carbonyl (C=O) groups is 2. The predicted octanol–water partition coefficient (Wildman–Crippen LogP) is 2.04. The molecule has 0 saturated carbocycles. The van der Waals surface area contributed by atoms with Crippen LogP contribution in [-0.2, 0) is 25.9 Å². The zero-order valence-corrected chi connectivity index (χ0v) is 18.9. The zero-order chi connectivity index (χ0) is 22.8. The summed E-state index contributed by atoms with van der Waals surface area (Å²) in [7, 11) is 0.885. The molecule has 1 aromatic heterocycles. The summed E-state index contributed by atoms with van der Waals surface area (Å²) in [5, 5.41) is 0. The minimum Gasteiger partial charge on any atom is -0.495 e. The number of carbonyl (C=O) groups excluding carboxylic acids is 2. The topological polar surface area (TPSA) is 113 Å². The molecule has 3 rings (SSSR count). The molecule has 0 unspecified atom stereocenters. The van der Waals surface area contributed by atoms with Crippen LogP contribution in [0.3, 0.4) is 0 Å². The first kappa shape index (κ1) is 22.5. The monoisotopic (exact) mass is 464 g/mol. The van der Waals surface area contributed by atoms with E-state index in [0.717, 1.165) is 17.6 Å². The number of esters is 1. The van der Waals surface area contributed by atoms with Crippen LogP contribution in [0.4, 0.5) is 0 Å². The van der Waals surface area contributed by atoms with E-state index >= 15 is 0 Å². The van der Waals surface area contributed by atoms with Gasteiger partial charge in [0.2, 0.25) is 0 Å². The van der Waals surface area contributed by atoms with Crippen molar-refractivity contribution in [3.8, 4) is 11.5 Å². The maximum absolute atomic E-state index is 12.8. The normalized spacial score (nSPS) is 12.1. The molecule has 0 atom stereocenters. The minimum atomic E-state index is -3.38. The number of hydrogen-bond acceptors (Lipinski definition) is 8. The Morgan fingerprint density at radius 1 is 1.00 bits per heavy atom. The van der Waals surface area contributed by atoms with Crippen LogP contribution in [0.2, 0.25) is 0 Å². The van der Waals surface area contributed by atoms with Crippen molar-refractivity contribution < 1.29 is 32.2 Å². The van der Waals surface area contributed by atoms with Crippen LogP contribution in [0.5, 0.6) is 11.5 Å². The van der Waals surface area contributed by atoms with Crippen molar-refractivity contribution >= 4 is 43.3 Å². The van der Waals surface area contributed by atoms with Gasteiger partial charge < -0.3 is 18.8 Å². The SMILES string of the molecule is COC(=O)Cn1c(=NC(=O)c2ccc(S(C)(=O)=O)cc2)sc2c(OC)ccc(OC)c21. The summed E-state index contributed by atoms with van der Waals surface area (Å²) in [6.07, 6.45) is 1.09. The number of sulfone groups is 1. The van der Waals surface area contributed by atoms with Gasteiger partial charge in [0.1, 0.15) is 28.3 Å². The van der Waals surface area contributed by atoms with E-state index < -0.39 is 21.7 Å². The Bertz CT molecular complexity index is 1320. The van der Waals surface area contributed by atoms with Crippen LogP contribution in [0, 0.1) is 0 Å². The number of aromatic nitrogens is 1. The van der Waals surface area contributed by atoms with Crippen LogP contribution < -0.4 is 14.3 Å². The molecule has 0 bridgehead atoms. The molecular weight excluding hydrogens is 444 g/mol. The van der Waals surface area contributed by atoms with E-state index in [1.54, 1.807) is 12.1 Å². The lowest BCUT2D eigenvalue weighted by Crippen LogP contribution is -2.22. The Morgan fingerprint density at radius 3 is 2.16 bits per heavy atom. The number of methoxy groups -OCH3 is 3. The molecule has 1 amide bonds. The van der Waals surface area contributed by atoms with Gasteiger partial charge >= 0.3 is 5.97 Å². The number of rotatable bonds is 6. The van der Waals surface area contributed by atoms with E-state index in [-0.39, 0.29) is 21.8 Å². The van der Waals surface area contributed by atoms with Gasteiger partial charge in [0, 0.05) is 11.8 Å². The average Bonchev–Trinajstić information content (AvgIpc) is 3.10. The molecule has 1 heterocycles. The molecular formula is C20H20N2O7S2. The van der Waals surface area contributed by atoms with E-state index in [4.69, 9.17) is 14.2 Å². The zero-order valence-electron chi connectivity index (χ0n) is 17.2. The lowest BCUT2D eigenvalue weighted by Gasteiger charge is -2.09. The Hall–Kier alpha value is -3.18. The van der Waals surface area contributed by atoms with Crippen LogP contribution in [0.25, 0.3) is 10.2 Å². The molecule has 2 aromatic carbocycles. The fourth-order valence-electron chi connectivity index (χ4n) is 2.88. The van der Waals surface area contributed by atoms with Crippen molar-refractivity contribution in [2.24, 2.45) is 4.99 Å². The Labute approximate surface area is 182 Å². The van der Waals surface area contributed by atoms with Crippen molar-refractivity contribution in [2.45, 2.75) is 11.4 Å². The second kappa shape index (κ2) is 8.90. The summed E-state index contributed by atoms with van der Waals surface area (Å²) >= 11 is 1.15. The summed E-state index contributed by atoms with van der Waals surface area (Å²) in [4.78, 5) is 29.3. The van der Waals surface area contributed by atoms with Crippen LogP contribution in [0.1, 0.15) is 10.4 Å². The van der Waals surface area contributed by atoms with E-state index in [9.17, 15) is 18.0 Å². The summed E-state index contributed by atoms with van der Waals surface area (Å²) in [5.74, 6) is -0.118. The van der Waals surface area contributed by atoms with Crippen molar-refractivity contribution in [2.75, 3.05) is 27.6 Å².